The molecule has 4 rings (SSSR count). The summed E-state index contributed by atoms with van der Waals surface area (Å²) in [5.41, 5.74) is 5.59. The third-order valence-electron chi connectivity index (χ3n) is 7.02. The number of carbonyl (C=O) groups is 1. The molecule has 1 aliphatic carbocycles. The lowest BCUT2D eigenvalue weighted by Crippen LogP contribution is -2.50. The second-order valence-corrected chi connectivity index (χ2v) is 8.95. The van der Waals surface area contributed by atoms with Crippen molar-refractivity contribution in [3.63, 3.8) is 0 Å². The van der Waals surface area contributed by atoms with Gasteiger partial charge < -0.3 is 5.73 Å². The monoisotopic (exact) mass is 442 g/mol. The fourth-order valence-corrected chi connectivity index (χ4v) is 5.02. The molecular weight excluding hydrogens is 411 g/mol. The van der Waals surface area contributed by atoms with E-state index in [1.54, 1.807) is 19.1 Å². The van der Waals surface area contributed by atoms with Gasteiger partial charge in [0.1, 0.15) is 17.2 Å². The number of Topliss-reactive ketones (excluding diaryl/α,β-unsaturated/α-hetero) is 1. The van der Waals surface area contributed by atoms with Crippen molar-refractivity contribution >= 4 is 11.6 Å². The number of nitrogen functional groups attached to an aromatic ring is 1. The molecule has 1 aliphatic heterocycles. The van der Waals surface area contributed by atoms with Gasteiger partial charge in [0.15, 0.2) is 5.78 Å². The van der Waals surface area contributed by atoms with Crippen LogP contribution in [0.4, 0.5) is 10.2 Å². The number of aromatic nitrogens is 2. The molecule has 1 unspecified atom stereocenters. The van der Waals surface area contributed by atoms with Crippen molar-refractivity contribution in [2.45, 2.75) is 64.6 Å². The molecule has 2 fully saturated rings. The van der Waals surface area contributed by atoms with E-state index in [0.717, 1.165) is 24.0 Å². The molecule has 1 saturated heterocycles. The number of halogens is 1. The van der Waals surface area contributed by atoms with Crippen molar-refractivity contribution in [1.82, 2.24) is 14.0 Å². The second-order valence-electron chi connectivity index (χ2n) is 8.95. The molecule has 8 heteroatoms. The number of nitrogens with two attached hydrogens (primary N) is 1. The fourth-order valence-electron chi connectivity index (χ4n) is 5.02. The zero-order valence-electron chi connectivity index (χ0n) is 18.6. The predicted octanol–water partition coefficient (Wildman–Crippen LogP) is 2.64. The van der Waals surface area contributed by atoms with E-state index in [-0.39, 0.29) is 42.6 Å². The van der Waals surface area contributed by atoms with E-state index in [9.17, 15) is 18.8 Å². The summed E-state index contributed by atoms with van der Waals surface area (Å²) in [6.45, 7) is 2.85. The molecule has 0 spiro atoms. The Hall–Kier alpha value is -2.74. The van der Waals surface area contributed by atoms with E-state index >= 15 is 0 Å². The van der Waals surface area contributed by atoms with Crippen LogP contribution in [-0.2, 0) is 13.1 Å². The predicted molar refractivity (Wildman–Crippen MR) is 121 cm³/mol. The second kappa shape index (κ2) is 9.40. The minimum absolute atomic E-state index is 0.0555. The van der Waals surface area contributed by atoms with Gasteiger partial charge in [0.05, 0.1) is 13.1 Å². The lowest BCUT2D eigenvalue weighted by atomic mass is 9.76. The summed E-state index contributed by atoms with van der Waals surface area (Å²) in [5.74, 6) is -0.212. The van der Waals surface area contributed by atoms with Crippen LogP contribution in [0.3, 0.4) is 0 Å². The Bertz CT molecular complexity index is 1100. The topological polar surface area (TPSA) is 90.3 Å². The summed E-state index contributed by atoms with van der Waals surface area (Å²) in [6, 6.07) is 6.09. The Morgan fingerprint density at radius 3 is 2.41 bits per heavy atom. The van der Waals surface area contributed by atoms with Gasteiger partial charge in [-0.3, -0.25) is 23.6 Å². The number of piperidine rings is 1. The minimum atomic E-state index is -0.632. The largest absolute Gasteiger partial charge is 0.384 e. The molecule has 1 aromatic carbocycles. The number of ketones is 1. The normalized spacial score (nSPS) is 19.6. The van der Waals surface area contributed by atoms with Gasteiger partial charge in [0.25, 0.3) is 5.56 Å². The van der Waals surface area contributed by atoms with Crippen LogP contribution in [0.2, 0.25) is 0 Å². The average Bonchev–Trinajstić information content (AvgIpc) is 2.73. The number of hydrogen-bond donors (Lipinski definition) is 1. The highest BCUT2D eigenvalue weighted by atomic mass is 19.1. The van der Waals surface area contributed by atoms with Gasteiger partial charge in [-0.1, -0.05) is 25.0 Å². The van der Waals surface area contributed by atoms with E-state index in [0.29, 0.717) is 17.5 Å². The number of likely N-dealkylation sites (tertiary alicyclic amines) is 1. The maximum Gasteiger partial charge on any atom is 0.332 e. The van der Waals surface area contributed by atoms with Gasteiger partial charge in [-0.05, 0) is 62.8 Å². The van der Waals surface area contributed by atoms with Crippen molar-refractivity contribution in [3.05, 3.63) is 62.0 Å². The molecule has 2 aliphatic rings. The minimum Gasteiger partial charge on any atom is -0.384 e. The van der Waals surface area contributed by atoms with E-state index in [2.05, 4.69) is 4.90 Å². The highest BCUT2D eigenvalue weighted by Gasteiger charge is 2.35. The van der Waals surface area contributed by atoms with Gasteiger partial charge in [-0.2, -0.15) is 0 Å². The molecule has 7 nitrogen and oxygen atoms in total. The Morgan fingerprint density at radius 1 is 1.06 bits per heavy atom. The Morgan fingerprint density at radius 2 is 1.78 bits per heavy atom. The summed E-state index contributed by atoms with van der Waals surface area (Å²) >= 11 is 0. The van der Waals surface area contributed by atoms with Gasteiger partial charge in [0.2, 0.25) is 0 Å². The number of rotatable bonds is 7. The van der Waals surface area contributed by atoms with Crippen LogP contribution < -0.4 is 17.0 Å². The number of nitrogens with zero attached hydrogens (tertiary/aromatic N) is 3. The van der Waals surface area contributed by atoms with E-state index in [1.807, 2.05) is 0 Å². The van der Waals surface area contributed by atoms with Crippen LogP contribution >= 0.6 is 0 Å². The lowest BCUT2D eigenvalue weighted by molar-refractivity contribution is 0.0555. The van der Waals surface area contributed by atoms with Crippen molar-refractivity contribution in [1.29, 1.82) is 0 Å². The van der Waals surface area contributed by atoms with Crippen LogP contribution in [0, 0.1) is 11.7 Å². The van der Waals surface area contributed by atoms with Crippen LogP contribution in [0.5, 0.6) is 0 Å². The smallest absolute Gasteiger partial charge is 0.332 e. The van der Waals surface area contributed by atoms with Crippen molar-refractivity contribution in [3.8, 4) is 0 Å². The fraction of sp³-hybridized carbons (Fsp3) is 0.542. The molecule has 2 N–H and O–H groups in total. The molecule has 172 valence electrons. The van der Waals surface area contributed by atoms with Gasteiger partial charge in [-0.25, -0.2) is 9.18 Å². The molecule has 0 amide bonds. The van der Waals surface area contributed by atoms with E-state index in [1.165, 1.54) is 42.4 Å². The SMILES string of the molecule is CCn1c(=O)c(C(=O)CN2CCCCC2C2CCC2)c(N)n(Cc2ccc(F)cc2)c1=O. The first-order chi connectivity index (χ1) is 15.4. The number of anilines is 1. The highest BCUT2D eigenvalue weighted by Crippen LogP contribution is 2.36. The summed E-state index contributed by atoms with van der Waals surface area (Å²) in [5, 5.41) is 0. The summed E-state index contributed by atoms with van der Waals surface area (Å²) in [4.78, 5) is 41.5. The summed E-state index contributed by atoms with van der Waals surface area (Å²) in [6.07, 6.45) is 6.92. The zero-order valence-corrected chi connectivity index (χ0v) is 18.6. The number of hydrogen-bond acceptors (Lipinski definition) is 5. The first-order valence-corrected chi connectivity index (χ1v) is 11.6. The highest BCUT2D eigenvalue weighted by molar-refractivity contribution is 6.01. The summed E-state index contributed by atoms with van der Waals surface area (Å²) in [7, 11) is 0. The van der Waals surface area contributed by atoms with Crippen LogP contribution in [0.1, 0.15) is 61.4 Å². The number of benzene rings is 1. The quantitative estimate of drug-likeness (QED) is 0.666. The Balaban J connectivity index is 1.67. The standard InChI is InChI=1S/C24H31FN4O3/c1-2-28-23(31)21(20(30)15-27-13-4-3-8-19(27)17-6-5-7-17)22(26)29(24(28)32)14-16-9-11-18(25)12-10-16/h9-12,17,19H,2-8,13-15,26H2,1H3. The molecular formula is C24H31FN4O3. The van der Waals surface area contributed by atoms with Crippen molar-refractivity contribution in [2.75, 3.05) is 18.8 Å². The van der Waals surface area contributed by atoms with Crippen LogP contribution in [-0.4, -0.2) is 38.9 Å². The Labute approximate surface area is 186 Å². The van der Waals surface area contributed by atoms with Gasteiger partial charge in [-0.15, -0.1) is 0 Å². The van der Waals surface area contributed by atoms with Gasteiger partial charge >= 0.3 is 5.69 Å². The number of carbonyl (C=O) groups excluding carboxylic acids is 1. The maximum absolute atomic E-state index is 13.4. The Kier molecular flexibility index (Phi) is 6.60. The first kappa shape index (κ1) is 22.5. The molecule has 0 bridgehead atoms. The molecule has 0 radical (unpaired) electrons. The maximum atomic E-state index is 13.4. The van der Waals surface area contributed by atoms with E-state index in [4.69, 9.17) is 5.73 Å². The molecule has 2 aromatic rings. The lowest BCUT2D eigenvalue weighted by Gasteiger charge is -2.43. The zero-order chi connectivity index (χ0) is 22.8. The summed E-state index contributed by atoms with van der Waals surface area (Å²) < 4.78 is 15.6. The molecule has 1 aromatic heterocycles. The third kappa shape index (κ3) is 4.28. The van der Waals surface area contributed by atoms with Crippen LogP contribution in [0.25, 0.3) is 0 Å². The van der Waals surface area contributed by atoms with Crippen molar-refractivity contribution < 1.29 is 9.18 Å². The van der Waals surface area contributed by atoms with Gasteiger partial charge in [0, 0.05) is 12.6 Å². The molecule has 32 heavy (non-hydrogen) atoms. The average molecular weight is 443 g/mol. The third-order valence-corrected chi connectivity index (χ3v) is 7.02. The molecule has 1 saturated carbocycles. The van der Waals surface area contributed by atoms with E-state index < -0.39 is 11.2 Å². The van der Waals surface area contributed by atoms with Crippen molar-refractivity contribution in [2.24, 2.45) is 5.92 Å². The molecule has 1 atom stereocenters. The molecule has 2 heterocycles. The first-order valence-electron chi connectivity index (χ1n) is 11.6. The van der Waals surface area contributed by atoms with Crippen LogP contribution in [0.15, 0.2) is 33.9 Å².